The summed E-state index contributed by atoms with van der Waals surface area (Å²) in [5.41, 5.74) is 2.10. The van der Waals surface area contributed by atoms with Gasteiger partial charge in [0.25, 0.3) is 0 Å². The highest BCUT2D eigenvalue weighted by Gasteiger charge is 2.31. The molecule has 12 heteroatoms. The smallest absolute Gasteiger partial charge is 0.407 e. The Morgan fingerprint density at radius 3 is 2.53 bits per heavy atom. The van der Waals surface area contributed by atoms with E-state index in [1.807, 2.05) is 14.1 Å². The van der Waals surface area contributed by atoms with Crippen molar-refractivity contribution in [1.29, 1.82) is 0 Å². The molecule has 1 saturated heterocycles. The first-order chi connectivity index (χ1) is 16.4. The summed E-state index contributed by atoms with van der Waals surface area (Å²) in [5, 5.41) is 9.24. The summed E-state index contributed by atoms with van der Waals surface area (Å²) in [5.74, 6) is 0.795. The Labute approximate surface area is 198 Å². The first kappa shape index (κ1) is 23.6. The summed E-state index contributed by atoms with van der Waals surface area (Å²) in [6.07, 6.45) is 4.42. The number of nitrogens with zero attached hydrogens (tertiary/aromatic N) is 8. The first-order valence-electron chi connectivity index (χ1n) is 11.3. The molecule has 0 radical (unpaired) electrons. The first-order valence-corrected chi connectivity index (χ1v) is 11.3. The molecule has 2 aliphatic rings. The van der Waals surface area contributed by atoms with Crippen LogP contribution in [-0.2, 0) is 17.7 Å². The standard InChI is InChI=1S/C22H30N8O4/c1-4-34-19(31)15-9-23-20(24-10-15)30-8-7-28(14-17(30)13-27(2)3)21-25-11-16-12-29(22(32)33)6-5-18(16)26-21/h9-11,17H,4-8,12-14H2,1-3H3,(H,32,33). The third-order valence-electron chi connectivity index (χ3n) is 5.94. The number of likely N-dealkylation sites (N-methyl/N-ethyl adjacent to an activating group) is 1. The van der Waals surface area contributed by atoms with Crippen LogP contribution in [0.25, 0.3) is 0 Å². The summed E-state index contributed by atoms with van der Waals surface area (Å²) in [6.45, 7) is 5.64. The molecule has 1 fully saturated rings. The molecular formula is C22H30N8O4. The number of piperazine rings is 1. The van der Waals surface area contributed by atoms with Crippen molar-refractivity contribution in [3.63, 3.8) is 0 Å². The van der Waals surface area contributed by atoms with E-state index < -0.39 is 12.1 Å². The highest BCUT2D eigenvalue weighted by Crippen LogP contribution is 2.23. The number of carbonyl (C=O) groups is 2. The maximum absolute atomic E-state index is 11.9. The molecule has 0 saturated carbocycles. The molecule has 4 heterocycles. The Hall–Kier alpha value is -3.54. The third kappa shape index (κ3) is 5.16. The number of ether oxygens (including phenoxy) is 1. The quantitative estimate of drug-likeness (QED) is 0.600. The van der Waals surface area contributed by atoms with E-state index in [0.29, 0.717) is 63.2 Å². The number of aromatic nitrogens is 4. The number of amides is 1. The Bertz CT molecular complexity index is 1030. The summed E-state index contributed by atoms with van der Waals surface area (Å²) in [7, 11) is 4.04. The zero-order valence-corrected chi connectivity index (χ0v) is 19.7. The van der Waals surface area contributed by atoms with Crippen LogP contribution in [0.5, 0.6) is 0 Å². The van der Waals surface area contributed by atoms with Crippen LogP contribution >= 0.6 is 0 Å². The van der Waals surface area contributed by atoms with E-state index in [9.17, 15) is 14.7 Å². The van der Waals surface area contributed by atoms with Gasteiger partial charge in [-0.1, -0.05) is 0 Å². The normalized spacial score (nSPS) is 18.1. The van der Waals surface area contributed by atoms with Crippen molar-refractivity contribution in [3.8, 4) is 0 Å². The van der Waals surface area contributed by atoms with Gasteiger partial charge in [0.2, 0.25) is 11.9 Å². The molecule has 1 amide bonds. The number of esters is 1. The molecule has 1 N–H and O–H groups in total. The van der Waals surface area contributed by atoms with Crippen LogP contribution in [0.2, 0.25) is 0 Å². The van der Waals surface area contributed by atoms with E-state index in [4.69, 9.17) is 9.72 Å². The number of hydrogen-bond acceptors (Lipinski definition) is 10. The van der Waals surface area contributed by atoms with Gasteiger partial charge in [-0.2, -0.15) is 0 Å². The lowest BCUT2D eigenvalue weighted by atomic mass is 10.1. The van der Waals surface area contributed by atoms with E-state index in [2.05, 4.69) is 29.7 Å². The Morgan fingerprint density at radius 2 is 1.85 bits per heavy atom. The third-order valence-corrected chi connectivity index (χ3v) is 5.94. The molecule has 182 valence electrons. The van der Waals surface area contributed by atoms with Crippen molar-refractivity contribution in [2.24, 2.45) is 0 Å². The minimum absolute atomic E-state index is 0.0827. The van der Waals surface area contributed by atoms with Crippen LogP contribution in [0, 0.1) is 0 Å². The monoisotopic (exact) mass is 470 g/mol. The van der Waals surface area contributed by atoms with Crippen LogP contribution in [0.15, 0.2) is 18.6 Å². The second-order valence-corrected chi connectivity index (χ2v) is 8.64. The molecule has 12 nitrogen and oxygen atoms in total. The van der Waals surface area contributed by atoms with Gasteiger partial charge in [0.05, 0.1) is 30.5 Å². The Balaban J connectivity index is 1.49. The van der Waals surface area contributed by atoms with Crippen LogP contribution in [-0.4, -0.2) is 106 Å². The fourth-order valence-electron chi connectivity index (χ4n) is 4.29. The number of anilines is 2. The van der Waals surface area contributed by atoms with E-state index in [1.165, 1.54) is 17.3 Å². The average Bonchev–Trinajstić information content (AvgIpc) is 2.83. The van der Waals surface area contributed by atoms with Gasteiger partial charge in [-0.25, -0.2) is 29.5 Å². The van der Waals surface area contributed by atoms with Crippen molar-refractivity contribution < 1.29 is 19.4 Å². The van der Waals surface area contributed by atoms with Crippen molar-refractivity contribution >= 4 is 24.0 Å². The minimum Gasteiger partial charge on any atom is -0.465 e. The predicted octanol–water partition coefficient (Wildman–Crippen LogP) is 0.736. The molecule has 2 aromatic rings. The number of hydrogen-bond donors (Lipinski definition) is 1. The summed E-state index contributed by atoms with van der Waals surface area (Å²) < 4.78 is 5.02. The van der Waals surface area contributed by atoms with Crippen LogP contribution in [0.3, 0.4) is 0 Å². The van der Waals surface area contributed by atoms with Crippen molar-refractivity contribution in [2.45, 2.75) is 25.9 Å². The Morgan fingerprint density at radius 1 is 1.12 bits per heavy atom. The summed E-state index contributed by atoms with van der Waals surface area (Å²) >= 11 is 0. The van der Waals surface area contributed by atoms with Gasteiger partial charge in [0, 0.05) is 63.3 Å². The second-order valence-electron chi connectivity index (χ2n) is 8.64. The van der Waals surface area contributed by atoms with Crippen LogP contribution < -0.4 is 9.80 Å². The topological polar surface area (TPSA) is 128 Å². The van der Waals surface area contributed by atoms with E-state index in [1.54, 1.807) is 13.1 Å². The zero-order valence-electron chi connectivity index (χ0n) is 19.7. The lowest BCUT2D eigenvalue weighted by molar-refractivity contribution is 0.0525. The van der Waals surface area contributed by atoms with Gasteiger partial charge in [0.1, 0.15) is 0 Å². The molecule has 1 atom stereocenters. The molecule has 1 unspecified atom stereocenters. The molecule has 2 aromatic heterocycles. The number of carboxylic acid groups (broad SMARTS) is 1. The SMILES string of the molecule is CCOC(=O)c1cnc(N2CCN(c3ncc4c(n3)CCN(C(=O)O)C4)CC2CN(C)C)nc1. The highest BCUT2D eigenvalue weighted by atomic mass is 16.5. The zero-order chi connectivity index (χ0) is 24.2. The number of fused-ring (bicyclic) bond motifs is 1. The predicted molar refractivity (Wildman–Crippen MR) is 124 cm³/mol. The van der Waals surface area contributed by atoms with E-state index >= 15 is 0 Å². The largest absolute Gasteiger partial charge is 0.465 e. The maximum atomic E-state index is 11.9. The molecule has 0 aromatic carbocycles. The number of rotatable bonds is 6. The summed E-state index contributed by atoms with van der Waals surface area (Å²) in [4.78, 5) is 49.2. The van der Waals surface area contributed by atoms with Crippen LogP contribution in [0.4, 0.5) is 16.7 Å². The minimum atomic E-state index is -0.921. The second kappa shape index (κ2) is 10.2. The molecule has 0 spiro atoms. The van der Waals surface area contributed by atoms with Crippen molar-refractivity contribution in [1.82, 2.24) is 29.7 Å². The molecule has 4 rings (SSSR count). The molecule has 0 bridgehead atoms. The van der Waals surface area contributed by atoms with Gasteiger partial charge in [-0.3, -0.25) is 0 Å². The van der Waals surface area contributed by atoms with E-state index in [0.717, 1.165) is 17.8 Å². The van der Waals surface area contributed by atoms with Gasteiger partial charge in [-0.05, 0) is 21.0 Å². The van der Waals surface area contributed by atoms with Crippen molar-refractivity contribution in [2.75, 3.05) is 63.2 Å². The number of carbonyl (C=O) groups excluding carboxylic acids is 1. The maximum Gasteiger partial charge on any atom is 0.407 e. The van der Waals surface area contributed by atoms with Crippen LogP contribution in [0.1, 0.15) is 28.5 Å². The van der Waals surface area contributed by atoms with Gasteiger partial charge >= 0.3 is 12.1 Å². The van der Waals surface area contributed by atoms with Gasteiger partial charge < -0.3 is 29.4 Å². The molecular weight excluding hydrogens is 440 g/mol. The molecule has 2 aliphatic heterocycles. The fourth-order valence-corrected chi connectivity index (χ4v) is 4.29. The van der Waals surface area contributed by atoms with Gasteiger partial charge in [0.15, 0.2) is 0 Å². The molecule has 0 aliphatic carbocycles. The molecule has 34 heavy (non-hydrogen) atoms. The average molecular weight is 471 g/mol. The van der Waals surface area contributed by atoms with Crippen molar-refractivity contribution in [3.05, 3.63) is 35.4 Å². The highest BCUT2D eigenvalue weighted by molar-refractivity contribution is 5.88. The fraction of sp³-hybridized carbons (Fsp3) is 0.545. The summed E-state index contributed by atoms with van der Waals surface area (Å²) in [6, 6.07) is 0.0827. The van der Waals surface area contributed by atoms with E-state index in [-0.39, 0.29) is 6.04 Å². The lowest BCUT2D eigenvalue weighted by Gasteiger charge is -2.42. The Kier molecular flexibility index (Phi) is 7.06. The lowest BCUT2D eigenvalue weighted by Crippen LogP contribution is -2.57. The van der Waals surface area contributed by atoms with Gasteiger partial charge in [-0.15, -0.1) is 0 Å².